The van der Waals surface area contributed by atoms with Gasteiger partial charge in [-0.1, -0.05) is 0 Å². The molecular formula is C14H17N3O2. The zero-order valence-corrected chi connectivity index (χ0v) is 11.0. The van der Waals surface area contributed by atoms with E-state index in [1.54, 1.807) is 0 Å². The second-order valence-electron chi connectivity index (χ2n) is 5.51. The molecule has 2 unspecified atom stereocenters. The Morgan fingerprint density at radius 3 is 2.74 bits per heavy atom. The Balaban J connectivity index is 1.62. The number of fused-ring (bicyclic) bond motifs is 3. The van der Waals surface area contributed by atoms with Crippen molar-refractivity contribution >= 4 is 16.8 Å². The van der Waals surface area contributed by atoms with Crippen molar-refractivity contribution in [1.82, 2.24) is 9.88 Å². The van der Waals surface area contributed by atoms with Crippen molar-refractivity contribution in [3.63, 3.8) is 0 Å². The van der Waals surface area contributed by atoms with Crippen LogP contribution < -0.4 is 4.90 Å². The van der Waals surface area contributed by atoms with Gasteiger partial charge < -0.3 is 19.0 Å². The lowest BCUT2D eigenvalue weighted by Crippen LogP contribution is -2.58. The van der Waals surface area contributed by atoms with Gasteiger partial charge in [-0.3, -0.25) is 0 Å². The summed E-state index contributed by atoms with van der Waals surface area (Å²) in [6, 6.07) is 6.21. The van der Waals surface area contributed by atoms with Crippen LogP contribution >= 0.6 is 0 Å². The Hall–Kier alpha value is -1.59. The summed E-state index contributed by atoms with van der Waals surface area (Å²) >= 11 is 0. The zero-order valence-electron chi connectivity index (χ0n) is 11.0. The van der Waals surface area contributed by atoms with Crippen LogP contribution in [0.2, 0.25) is 0 Å². The van der Waals surface area contributed by atoms with Crippen molar-refractivity contribution in [3.8, 4) is 0 Å². The smallest absolute Gasteiger partial charge is 0.181 e. The molecule has 2 saturated heterocycles. The first-order valence-electron chi connectivity index (χ1n) is 6.70. The maximum Gasteiger partial charge on any atom is 0.181 e. The average Bonchev–Trinajstić information content (AvgIpc) is 2.84. The maximum absolute atomic E-state index is 6.00. The molecule has 4 rings (SSSR count). The lowest BCUT2D eigenvalue weighted by Gasteiger charge is -2.45. The molecule has 0 N–H and O–H groups in total. The third-order valence-corrected chi connectivity index (χ3v) is 3.94. The Labute approximate surface area is 111 Å². The Morgan fingerprint density at radius 2 is 1.95 bits per heavy atom. The Morgan fingerprint density at radius 1 is 1.16 bits per heavy atom. The molecule has 3 heterocycles. The first-order chi connectivity index (χ1) is 9.28. The number of likely N-dealkylation sites (N-methyl/N-ethyl adjacent to an activating group) is 1. The molecule has 2 atom stereocenters. The van der Waals surface area contributed by atoms with Crippen molar-refractivity contribution < 1.29 is 9.15 Å². The van der Waals surface area contributed by atoms with Gasteiger partial charge in [0.25, 0.3) is 0 Å². The summed E-state index contributed by atoms with van der Waals surface area (Å²) in [6.07, 6.45) is 2.12. The van der Waals surface area contributed by atoms with Crippen molar-refractivity contribution in [2.75, 3.05) is 38.1 Å². The molecule has 2 aliphatic rings. The van der Waals surface area contributed by atoms with Crippen LogP contribution in [0.15, 0.2) is 29.0 Å². The first kappa shape index (κ1) is 11.3. The minimum absolute atomic E-state index is 0.311. The number of oxazole rings is 1. The standard InChI is InChI=1S/C14H17N3O2/c1-16-5-11-7-17(8-12(6-16)19-11)10-2-3-14-13(4-10)15-9-18-14/h2-4,9,11-12H,5-8H2,1H3. The SMILES string of the molecule is CN1CC2CN(c3ccc4ocnc4c3)CC(C1)O2. The van der Waals surface area contributed by atoms with Crippen molar-refractivity contribution in [2.24, 2.45) is 0 Å². The van der Waals surface area contributed by atoms with E-state index in [4.69, 9.17) is 9.15 Å². The van der Waals surface area contributed by atoms with Crippen molar-refractivity contribution in [3.05, 3.63) is 24.6 Å². The molecule has 0 radical (unpaired) electrons. The summed E-state index contributed by atoms with van der Waals surface area (Å²) < 4.78 is 11.3. The van der Waals surface area contributed by atoms with Gasteiger partial charge in [-0.05, 0) is 25.2 Å². The summed E-state index contributed by atoms with van der Waals surface area (Å²) in [4.78, 5) is 8.99. The molecule has 2 bridgehead atoms. The monoisotopic (exact) mass is 259 g/mol. The van der Waals surface area contributed by atoms with Gasteiger partial charge in [0, 0.05) is 31.9 Å². The number of anilines is 1. The average molecular weight is 259 g/mol. The lowest BCUT2D eigenvalue weighted by molar-refractivity contribution is -0.0875. The minimum Gasteiger partial charge on any atom is -0.443 e. The van der Waals surface area contributed by atoms with Crippen molar-refractivity contribution in [2.45, 2.75) is 12.2 Å². The topological polar surface area (TPSA) is 41.7 Å². The Kier molecular flexibility index (Phi) is 2.50. The molecule has 2 aliphatic heterocycles. The molecule has 5 nitrogen and oxygen atoms in total. The number of hydrogen-bond acceptors (Lipinski definition) is 5. The maximum atomic E-state index is 6.00. The van der Waals surface area contributed by atoms with E-state index in [0.29, 0.717) is 12.2 Å². The molecule has 0 saturated carbocycles. The molecule has 1 aromatic heterocycles. The summed E-state index contributed by atoms with van der Waals surface area (Å²) in [6.45, 7) is 3.92. The van der Waals surface area contributed by atoms with Crippen LogP contribution in [0.4, 0.5) is 5.69 Å². The van der Waals surface area contributed by atoms with E-state index in [9.17, 15) is 0 Å². The molecule has 0 amide bonds. The molecule has 0 aliphatic carbocycles. The van der Waals surface area contributed by atoms with Gasteiger partial charge in [0.15, 0.2) is 12.0 Å². The van der Waals surface area contributed by atoms with E-state index in [1.165, 1.54) is 12.1 Å². The van der Waals surface area contributed by atoms with Crippen molar-refractivity contribution in [1.29, 1.82) is 0 Å². The molecule has 19 heavy (non-hydrogen) atoms. The van der Waals surface area contributed by atoms with Gasteiger partial charge in [0.05, 0.1) is 12.2 Å². The van der Waals surface area contributed by atoms with Crippen LogP contribution in [0.3, 0.4) is 0 Å². The second kappa shape index (κ2) is 4.21. The van der Waals surface area contributed by atoms with Crippen LogP contribution in [0.5, 0.6) is 0 Å². The van der Waals surface area contributed by atoms with E-state index in [0.717, 1.165) is 37.3 Å². The summed E-state index contributed by atoms with van der Waals surface area (Å²) in [7, 11) is 2.17. The second-order valence-corrected chi connectivity index (χ2v) is 5.51. The number of aromatic nitrogens is 1. The summed E-state index contributed by atoms with van der Waals surface area (Å²) in [5, 5.41) is 0. The van der Waals surface area contributed by atoms with Crippen LogP contribution in [-0.4, -0.2) is 55.3 Å². The normalized spacial score (nSPS) is 27.9. The van der Waals surface area contributed by atoms with E-state index < -0.39 is 0 Å². The number of ether oxygens (including phenoxy) is 1. The predicted molar refractivity (Wildman–Crippen MR) is 72.4 cm³/mol. The third-order valence-electron chi connectivity index (χ3n) is 3.94. The molecule has 1 aromatic carbocycles. The first-order valence-corrected chi connectivity index (χ1v) is 6.70. The fourth-order valence-corrected chi connectivity index (χ4v) is 3.15. The number of morpholine rings is 2. The molecule has 2 fully saturated rings. The van der Waals surface area contributed by atoms with E-state index >= 15 is 0 Å². The molecule has 100 valence electrons. The van der Waals surface area contributed by atoms with E-state index in [-0.39, 0.29) is 0 Å². The van der Waals surface area contributed by atoms with Crippen LogP contribution in [-0.2, 0) is 4.74 Å². The van der Waals surface area contributed by atoms with Gasteiger partial charge in [-0.15, -0.1) is 0 Å². The minimum atomic E-state index is 0.311. The lowest BCUT2D eigenvalue weighted by atomic mass is 10.1. The quantitative estimate of drug-likeness (QED) is 0.773. The fraction of sp³-hybridized carbons (Fsp3) is 0.500. The van der Waals surface area contributed by atoms with E-state index in [2.05, 4.69) is 34.0 Å². The zero-order chi connectivity index (χ0) is 12.8. The summed E-state index contributed by atoms with van der Waals surface area (Å²) in [5.41, 5.74) is 2.98. The van der Waals surface area contributed by atoms with Gasteiger partial charge >= 0.3 is 0 Å². The largest absolute Gasteiger partial charge is 0.443 e. The Bertz CT molecular complexity index is 579. The van der Waals surface area contributed by atoms with Gasteiger partial charge in [-0.25, -0.2) is 4.98 Å². The molecular weight excluding hydrogens is 242 g/mol. The molecule has 0 spiro atoms. The van der Waals surface area contributed by atoms with Crippen LogP contribution in [0.1, 0.15) is 0 Å². The van der Waals surface area contributed by atoms with E-state index in [1.807, 2.05) is 6.07 Å². The predicted octanol–water partition coefficient (Wildman–Crippen LogP) is 1.35. The third kappa shape index (κ3) is 1.99. The highest BCUT2D eigenvalue weighted by molar-refractivity contribution is 5.77. The number of rotatable bonds is 1. The van der Waals surface area contributed by atoms with Crippen LogP contribution in [0, 0.1) is 0 Å². The fourth-order valence-electron chi connectivity index (χ4n) is 3.15. The number of hydrogen-bond donors (Lipinski definition) is 0. The highest BCUT2D eigenvalue weighted by Gasteiger charge is 2.33. The van der Waals surface area contributed by atoms with Crippen LogP contribution in [0.25, 0.3) is 11.1 Å². The summed E-state index contributed by atoms with van der Waals surface area (Å²) in [5.74, 6) is 0. The number of benzene rings is 1. The number of nitrogens with zero attached hydrogens (tertiary/aromatic N) is 3. The molecule has 2 aromatic rings. The van der Waals surface area contributed by atoms with Gasteiger partial charge in [-0.2, -0.15) is 0 Å². The van der Waals surface area contributed by atoms with Gasteiger partial charge in [0.2, 0.25) is 0 Å². The van der Waals surface area contributed by atoms with Gasteiger partial charge in [0.1, 0.15) is 5.52 Å². The highest BCUT2D eigenvalue weighted by Crippen LogP contribution is 2.26. The highest BCUT2D eigenvalue weighted by atomic mass is 16.5. The molecule has 5 heteroatoms.